The molecule has 0 amide bonds. The van der Waals surface area contributed by atoms with E-state index in [0.717, 1.165) is 18.8 Å². The van der Waals surface area contributed by atoms with Crippen LogP contribution >= 0.6 is 11.3 Å². The Morgan fingerprint density at radius 2 is 1.52 bits per heavy atom. The summed E-state index contributed by atoms with van der Waals surface area (Å²) in [7, 11) is 0. The zero-order valence-electron chi connectivity index (χ0n) is 16.1. The third kappa shape index (κ3) is 3.69. The number of rotatable bonds is 8. The molecule has 3 aromatic rings. The summed E-state index contributed by atoms with van der Waals surface area (Å²) in [5, 5.41) is 2.77. The predicted molar refractivity (Wildman–Crippen MR) is 112 cm³/mol. The van der Waals surface area contributed by atoms with Gasteiger partial charge in [0.1, 0.15) is 5.75 Å². The highest BCUT2D eigenvalue weighted by atomic mass is 32.1. The van der Waals surface area contributed by atoms with E-state index in [-0.39, 0.29) is 0 Å². The van der Waals surface area contributed by atoms with Crippen LogP contribution in [0.5, 0.6) is 5.75 Å². The molecule has 0 aliphatic rings. The van der Waals surface area contributed by atoms with Crippen molar-refractivity contribution in [1.82, 2.24) is 0 Å². The Morgan fingerprint density at radius 3 is 2.24 bits per heavy atom. The van der Waals surface area contributed by atoms with Gasteiger partial charge in [-0.05, 0) is 49.9 Å². The van der Waals surface area contributed by atoms with Crippen molar-refractivity contribution in [3.8, 4) is 5.75 Å². The lowest BCUT2D eigenvalue weighted by Crippen LogP contribution is -1.98. The molecule has 1 nitrogen and oxygen atoms in total. The number of hydrogen-bond donors (Lipinski definition) is 0. The van der Waals surface area contributed by atoms with Gasteiger partial charge < -0.3 is 4.74 Å². The Labute approximate surface area is 156 Å². The first-order valence-electron chi connectivity index (χ1n) is 9.74. The third-order valence-electron chi connectivity index (χ3n) is 5.14. The van der Waals surface area contributed by atoms with Crippen molar-refractivity contribution in [1.29, 1.82) is 0 Å². The van der Waals surface area contributed by atoms with Gasteiger partial charge in [0.15, 0.2) is 0 Å². The van der Waals surface area contributed by atoms with Crippen LogP contribution in [0.4, 0.5) is 0 Å². The van der Waals surface area contributed by atoms with Crippen LogP contribution in [-0.2, 0) is 6.42 Å². The lowest BCUT2D eigenvalue weighted by Gasteiger charge is -2.09. The molecule has 0 radical (unpaired) electrons. The zero-order valence-corrected chi connectivity index (χ0v) is 16.9. The molecule has 2 aromatic carbocycles. The van der Waals surface area contributed by atoms with Crippen LogP contribution in [0.1, 0.15) is 62.6 Å². The molecule has 0 fully saturated rings. The molecule has 1 heterocycles. The van der Waals surface area contributed by atoms with Crippen molar-refractivity contribution >= 4 is 31.5 Å². The molecule has 0 bridgehead atoms. The highest BCUT2D eigenvalue weighted by Gasteiger charge is 2.13. The molecule has 3 rings (SSSR count). The average Bonchev–Trinajstić information content (AvgIpc) is 2.99. The number of unbranched alkanes of at least 4 members (excludes halogenated alkanes) is 3. The number of fused-ring (bicyclic) bond motifs is 3. The van der Waals surface area contributed by atoms with E-state index in [0.29, 0.717) is 0 Å². The summed E-state index contributed by atoms with van der Waals surface area (Å²) in [5.41, 5.74) is 4.25. The Morgan fingerprint density at radius 1 is 0.800 bits per heavy atom. The number of thiophene rings is 1. The van der Waals surface area contributed by atoms with Crippen molar-refractivity contribution in [3.63, 3.8) is 0 Å². The minimum absolute atomic E-state index is 0.830. The Hall–Kier alpha value is -1.54. The molecule has 0 saturated carbocycles. The van der Waals surface area contributed by atoms with E-state index < -0.39 is 0 Å². The van der Waals surface area contributed by atoms with Crippen molar-refractivity contribution in [2.45, 2.75) is 66.2 Å². The van der Waals surface area contributed by atoms with Gasteiger partial charge in [-0.15, -0.1) is 11.3 Å². The quantitative estimate of drug-likeness (QED) is 0.379. The van der Waals surface area contributed by atoms with Crippen LogP contribution < -0.4 is 4.74 Å². The second kappa shape index (κ2) is 8.23. The fraction of sp³-hybridized carbons (Fsp3) is 0.478. The first-order chi connectivity index (χ1) is 12.2. The van der Waals surface area contributed by atoms with Crippen LogP contribution in [-0.4, -0.2) is 6.61 Å². The maximum Gasteiger partial charge on any atom is 0.123 e. The highest BCUT2D eigenvalue weighted by Crippen LogP contribution is 2.41. The summed E-state index contributed by atoms with van der Waals surface area (Å²) >= 11 is 1.94. The zero-order chi connectivity index (χ0) is 17.8. The van der Waals surface area contributed by atoms with Crippen molar-refractivity contribution < 1.29 is 4.74 Å². The highest BCUT2D eigenvalue weighted by molar-refractivity contribution is 7.26. The summed E-state index contributed by atoms with van der Waals surface area (Å²) < 4.78 is 8.92. The number of aryl methyl sites for hydroxylation is 3. The van der Waals surface area contributed by atoms with E-state index in [1.54, 1.807) is 0 Å². The molecular weight excluding hydrogens is 324 g/mol. The summed E-state index contributed by atoms with van der Waals surface area (Å²) in [4.78, 5) is 0. The van der Waals surface area contributed by atoms with Gasteiger partial charge in [-0.2, -0.15) is 0 Å². The standard InChI is InChI=1S/C23H30OS/c1-5-7-8-9-15-24-21-14-13-20-19-12-11-18(10-6-2)16(3)22(19)25-23(20)17(21)4/h11-14H,5-10,15H2,1-4H3. The second-order valence-corrected chi connectivity index (χ2v) is 8.07. The van der Waals surface area contributed by atoms with Crippen LogP contribution in [0, 0.1) is 13.8 Å². The van der Waals surface area contributed by atoms with Crippen LogP contribution in [0.2, 0.25) is 0 Å². The van der Waals surface area contributed by atoms with Crippen LogP contribution in [0.15, 0.2) is 24.3 Å². The van der Waals surface area contributed by atoms with E-state index in [4.69, 9.17) is 4.74 Å². The fourth-order valence-electron chi connectivity index (χ4n) is 3.60. The molecule has 0 aliphatic heterocycles. The molecule has 2 heteroatoms. The van der Waals surface area contributed by atoms with Gasteiger partial charge in [0.25, 0.3) is 0 Å². The minimum atomic E-state index is 0.830. The molecular formula is C23H30OS. The molecule has 0 saturated heterocycles. The first kappa shape index (κ1) is 18.3. The van der Waals surface area contributed by atoms with Crippen molar-refractivity contribution in [2.24, 2.45) is 0 Å². The molecule has 0 unspecified atom stereocenters. The number of ether oxygens (including phenoxy) is 1. The summed E-state index contributed by atoms with van der Waals surface area (Å²) in [6.07, 6.45) is 7.36. The number of hydrogen-bond acceptors (Lipinski definition) is 2. The lowest BCUT2D eigenvalue weighted by atomic mass is 10.0. The van der Waals surface area contributed by atoms with Gasteiger partial charge >= 0.3 is 0 Å². The maximum absolute atomic E-state index is 6.09. The van der Waals surface area contributed by atoms with Gasteiger partial charge in [0.2, 0.25) is 0 Å². The van der Waals surface area contributed by atoms with Crippen LogP contribution in [0.25, 0.3) is 20.2 Å². The van der Waals surface area contributed by atoms with Gasteiger partial charge in [-0.1, -0.05) is 51.7 Å². The van der Waals surface area contributed by atoms with E-state index in [1.807, 2.05) is 11.3 Å². The smallest absolute Gasteiger partial charge is 0.123 e. The van der Waals surface area contributed by atoms with Gasteiger partial charge in [0.05, 0.1) is 6.61 Å². The summed E-state index contributed by atoms with van der Waals surface area (Å²) in [5.74, 6) is 1.06. The summed E-state index contributed by atoms with van der Waals surface area (Å²) in [6.45, 7) is 9.82. The monoisotopic (exact) mass is 354 g/mol. The van der Waals surface area contributed by atoms with Gasteiger partial charge in [-0.3, -0.25) is 0 Å². The predicted octanol–water partition coefficient (Wildman–Crippen LogP) is 7.58. The molecule has 25 heavy (non-hydrogen) atoms. The maximum atomic E-state index is 6.09. The Bertz CT molecular complexity index is 860. The first-order valence-corrected chi connectivity index (χ1v) is 10.6. The average molecular weight is 355 g/mol. The van der Waals surface area contributed by atoms with E-state index in [2.05, 4.69) is 52.0 Å². The van der Waals surface area contributed by atoms with E-state index in [9.17, 15) is 0 Å². The van der Waals surface area contributed by atoms with Crippen molar-refractivity contribution in [3.05, 3.63) is 41.0 Å². The second-order valence-electron chi connectivity index (χ2n) is 7.05. The van der Waals surface area contributed by atoms with Crippen molar-refractivity contribution in [2.75, 3.05) is 6.61 Å². The van der Waals surface area contributed by atoms with E-state index in [1.165, 1.54) is 69.0 Å². The lowest BCUT2D eigenvalue weighted by molar-refractivity contribution is 0.303. The minimum Gasteiger partial charge on any atom is -0.493 e. The topological polar surface area (TPSA) is 9.23 Å². The largest absolute Gasteiger partial charge is 0.493 e. The van der Waals surface area contributed by atoms with E-state index >= 15 is 0 Å². The fourth-order valence-corrected chi connectivity index (χ4v) is 4.92. The Balaban J connectivity index is 1.92. The Kier molecular flexibility index (Phi) is 6.01. The van der Waals surface area contributed by atoms with Crippen LogP contribution in [0.3, 0.4) is 0 Å². The van der Waals surface area contributed by atoms with Gasteiger partial charge in [-0.25, -0.2) is 0 Å². The number of benzene rings is 2. The molecule has 0 atom stereocenters. The molecule has 1 aromatic heterocycles. The molecule has 134 valence electrons. The molecule has 0 aliphatic carbocycles. The normalized spacial score (nSPS) is 11.5. The third-order valence-corrected chi connectivity index (χ3v) is 6.60. The SMILES string of the molecule is CCCCCCOc1ccc2c(sc3c(C)c(CCC)ccc32)c1C. The molecule has 0 N–H and O–H groups in total. The van der Waals surface area contributed by atoms with Gasteiger partial charge in [0, 0.05) is 25.7 Å². The molecule has 0 spiro atoms. The summed E-state index contributed by atoms with van der Waals surface area (Å²) in [6, 6.07) is 9.05.